The third-order valence-electron chi connectivity index (χ3n) is 3.81. The topological polar surface area (TPSA) is 96.9 Å². The van der Waals surface area contributed by atoms with E-state index in [0.717, 1.165) is 24.3 Å². The number of alkyl halides is 5. The first-order valence-electron chi connectivity index (χ1n) is 7.58. The molecule has 0 bridgehead atoms. The smallest absolute Gasteiger partial charge is 0.437 e. The van der Waals surface area contributed by atoms with E-state index >= 15 is 0 Å². The molecule has 7 nitrogen and oxygen atoms in total. The van der Waals surface area contributed by atoms with Gasteiger partial charge in [0.05, 0.1) is 12.6 Å². The number of carbonyl (C=O) groups excluding carboxylic acids is 2. The first-order valence-corrected chi connectivity index (χ1v) is 7.58. The van der Waals surface area contributed by atoms with E-state index in [2.05, 4.69) is 14.8 Å². The molecule has 1 aromatic rings. The van der Waals surface area contributed by atoms with Crippen molar-refractivity contribution in [1.29, 1.82) is 0 Å². The standard InChI is InChI=1S/C15H15F5N2O5/c1-2-26-11(23)9-10(7-3-5-8(6-4-7)27-12(16)17)21-13(24)22-14(9,25)15(18,19)20/h3-6,9-10,12,25H,2H2,1H3,(H2,21,22,24)/t9-,10-,14-/m0/s1. The van der Waals surface area contributed by atoms with E-state index in [0.29, 0.717) is 0 Å². The minimum atomic E-state index is -5.40. The molecule has 3 N–H and O–H groups in total. The quantitative estimate of drug-likeness (QED) is 0.521. The van der Waals surface area contributed by atoms with E-state index < -0.39 is 42.5 Å². The Labute approximate surface area is 149 Å². The molecule has 3 atom stereocenters. The Kier molecular flexibility index (Phi) is 5.78. The predicted molar refractivity (Wildman–Crippen MR) is 78.6 cm³/mol. The van der Waals surface area contributed by atoms with Gasteiger partial charge in [-0.05, 0) is 24.6 Å². The maximum Gasteiger partial charge on any atom is 0.437 e. The maximum absolute atomic E-state index is 13.4. The molecule has 0 aliphatic carbocycles. The van der Waals surface area contributed by atoms with Crippen molar-refractivity contribution in [2.24, 2.45) is 5.92 Å². The SMILES string of the molecule is CCOC(=O)[C@@H]1[C@H](c2ccc(OC(F)F)cc2)NC(=O)N[C@@]1(O)C(F)(F)F. The van der Waals surface area contributed by atoms with Gasteiger partial charge in [0.15, 0.2) is 0 Å². The van der Waals surface area contributed by atoms with Gasteiger partial charge in [-0.2, -0.15) is 22.0 Å². The van der Waals surface area contributed by atoms with Gasteiger partial charge >= 0.3 is 24.8 Å². The number of aliphatic hydroxyl groups is 1. The van der Waals surface area contributed by atoms with Crippen LogP contribution in [0.2, 0.25) is 0 Å². The van der Waals surface area contributed by atoms with Gasteiger partial charge < -0.3 is 25.2 Å². The van der Waals surface area contributed by atoms with Crippen molar-refractivity contribution in [2.75, 3.05) is 6.61 Å². The van der Waals surface area contributed by atoms with Crippen molar-refractivity contribution in [3.8, 4) is 5.75 Å². The van der Waals surface area contributed by atoms with Crippen LogP contribution in [0, 0.1) is 5.92 Å². The summed E-state index contributed by atoms with van der Waals surface area (Å²) in [6.07, 6.45) is -5.40. The van der Waals surface area contributed by atoms with Gasteiger partial charge in [-0.15, -0.1) is 0 Å². The number of amides is 2. The largest absolute Gasteiger partial charge is 0.466 e. The van der Waals surface area contributed by atoms with Crippen molar-refractivity contribution in [3.05, 3.63) is 29.8 Å². The van der Waals surface area contributed by atoms with Crippen LogP contribution < -0.4 is 15.4 Å². The Bertz CT molecular complexity index is 697. The first-order chi connectivity index (χ1) is 12.5. The van der Waals surface area contributed by atoms with Crippen LogP contribution in [-0.2, 0) is 9.53 Å². The number of hydrogen-bond acceptors (Lipinski definition) is 5. The molecule has 0 aromatic heterocycles. The average Bonchev–Trinajstić information content (AvgIpc) is 2.53. The summed E-state index contributed by atoms with van der Waals surface area (Å²) in [5, 5.41) is 13.5. The lowest BCUT2D eigenvalue weighted by atomic mass is 9.82. The van der Waals surface area contributed by atoms with Crippen molar-refractivity contribution in [2.45, 2.75) is 31.5 Å². The highest BCUT2D eigenvalue weighted by atomic mass is 19.4. The van der Waals surface area contributed by atoms with Crippen molar-refractivity contribution < 1.29 is 46.1 Å². The van der Waals surface area contributed by atoms with Crippen LogP contribution >= 0.6 is 0 Å². The van der Waals surface area contributed by atoms with Gasteiger partial charge in [0.2, 0.25) is 0 Å². The number of benzene rings is 1. The van der Waals surface area contributed by atoms with Gasteiger partial charge in [-0.25, -0.2) is 4.79 Å². The van der Waals surface area contributed by atoms with Crippen molar-refractivity contribution >= 4 is 12.0 Å². The average molecular weight is 398 g/mol. The summed E-state index contributed by atoms with van der Waals surface area (Å²) in [5.74, 6) is -3.99. The molecule has 1 fully saturated rings. The number of ether oxygens (including phenoxy) is 2. The highest BCUT2D eigenvalue weighted by Gasteiger charge is 2.67. The molecule has 2 amide bonds. The molecule has 12 heteroatoms. The van der Waals surface area contributed by atoms with Gasteiger partial charge in [0.25, 0.3) is 5.72 Å². The van der Waals surface area contributed by atoms with E-state index in [9.17, 15) is 36.6 Å². The molecule has 0 unspecified atom stereocenters. The molecule has 1 heterocycles. The highest BCUT2D eigenvalue weighted by molar-refractivity contribution is 5.83. The molecule has 27 heavy (non-hydrogen) atoms. The van der Waals surface area contributed by atoms with Gasteiger partial charge in [-0.3, -0.25) is 4.79 Å². The van der Waals surface area contributed by atoms with Crippen LogP contribution in [-0.4, -0.2) is 42.2 Å². The fraction of sp³-hybridized carbons (Fsp3) is 0.467. The fourth-order valence-corrected chi connectivity index (χ4v) is 2.67. The van der Waals surface area contributed by atoms with E-state index in [-0.39, 0.29) is 17.9 Å². The monoisotopic (exact) mass is 398 g/mol. The molecule has 150 valence electrons. The van der Waals surface area contributed by atoms with Gasteiger partial charge in [-0.1, -0.05) is 12.1 Å². The number of nitrogens with one attached hydrogen (secondary N) is 2. The Balaban J connectivity index is 2.47. The third-order valence-corrected chi connectivity index (χ3v) is 3.81. The van der Waals surface area contributed by atoms with Crippen LogP contribution in [0.4, 0.5) is 26.7 Å². The Morgan fingerprint density at radius 3 is 2.37 bits per heavy atom. The Hall–Kier alpha value is -2.63. The summed E-state index contributed by atoms with van der Waals surface area (Å²) in [6, 6.07) is 1.17. The molecular formula is C15H15F5N2O5. The number of halogens is 5. The molecular weight excluding hydrogens is 383 g/mol. The lowest BCUT2D eigenvalue weighted by molar-refractivity contribution is -0.294. The summed E-state index contributed by atoms with van der Waals surface area (Å²) in [6.45, 7) is -2.03. The molecule has 1 aliphatic heterocycles. The zero-order valence-electron chi connectivity index (χ0n) is 13.7. The summed E-state index contributed by atoms with van der Waals surface area (Å²) >= 11 is 0. The van der Waals surface area contributed by atoms with Crippen LogP contribution in [0.25, 0.3) is 0 Å². The summed E-state index contributed by atoms with van der Waals surface area (Å²) in [5.41, 5.74) is -3.96. The molecule has 2 rings (SSSR count). The zero-order chi connectivity index (χ0) is 20.4. The second kappa shape index (κ2) is 7.55. The van der Waals surface area contributed by atoms with E-state index in [4.69, 9.17) is 0 Å². The van der Waals surface area contributed by atoms with E-state index in [1.165, 1.54) is 12.2 Å². The minimum Gasteiger partial charge on any atom is -0.466 e. The van der Waals surface area contributed by atoms with Crippen LogP contribution in [0.5, 0.6) is 5.75 Å². The summed E-state index contributed by atoms with van der Waals surface area (Å²) in [7, 11) is 0. The second-order valence-corrected chi connectivity index (χ2v) is 5.52. The van der Waals surface area contributed by atoms with E-state index in [1.807, 2.05) is 0 Å². The van der Waals surface area contributed by atoms with Crippen LogP contribution in [0.15, 0.2) is 24.3 Å². The lowest BCUT2D eigenvalue weighted by Crippen LogP contribution is -2.73. The van der Waals surface area contributed by atoms with Crippen LogP contribution in [0.1, 0.15) is 18.5 Å². The van der Waals surface area contributed by atoms with Crippen molar-refractivity contribution in [1.82, 2.24) is 10.6 Å². The number of esters is 1. The Morgan fingerprint density at radius 1 is 1.30 bits per heavy atom. The third kappa shape index (κ3) is 4.21. The van der Waals surface area contributed by atoms with Crippen molar-refractivity contribution in [3.63, 3.8) is 0 Å². The molecule has 0 radical (unpaired) electrons. The van der Waals surface area contributed by atoms with E-state index in [1.54, 1.807) is 0 Å². The first kappa shape index (κ1) is 20.7. The lowest BCUT2D eigenvalue weighted by Gasteiger charge is -2.44. The fourth-order valence-electron chi connectivity index (χ4n) is 2.67. The number of carbonyl (C=O) groups is 2. The van der Waals surface area contributed by atoms with Gasteiger partial charge in [0, 0.05) is 0 Å². The van der Waals surface area contributed by atoms with Gasteiger partial charge in [0.1, 0.15) is 11.7 Å². The summed E-state index contributed by atoms with van der Waals surface area (Å²) in [4.78, 5) is 23.9. The predicted octanol–water partition coefficient (Wildman–Crippen LogP) is 2.07. The molecule has 0 saturated carbocycles. The second-order valence-electron chi connectivity index (χ2n) is 5.52. The molecule has 1 aromatic carbocycles. The number of rotatable bonds is 5. The zero-order valence-corrected chi connectivity index (χ0v) is 13.7. The molecule has 1 aliphatic rings. The molecule has 0 spiro atoms. The number of hydrogen-bond donors (Lipinski definition) is 3. The number of urea groups is 1. The minimum absolute atomic E-state index is 0.0628. The van der Waals surface area contributed by atoms with Crippen LogP contribution in [0.3, 0.4) is 0 Å². The normalized spacial score (nSPS) is 25.6. The summed E-state index contributed by atoms with van der Waals surface area (Å²) < 4.78 is 73.5. The Morgan fingerprint density at radius 2 is 1.89 bits per heavy atom. The maximum atomic E-state index is 13.4. The highest BCUT2D eigenvalue weighted by Crippen LogP contribution is 2.43. The molecule has 1 saturated heterocycles.